The molecule has 0 amide bonds. The minimum atomic E-state index is -4.54. The highest BCUT2D eigenvalue weighted by atomic mass is 19.4. The number of rotatable bonds is 7. The molecule has 0 aliphatic rings. The van der Waals surface area contributed by atoms with E-state index in [1.165, 1.54) is 19.9 Å². The number of nitrogens with one attached hydrogen (secondary N) is 1. The van der Waals surface area contributed by atoms with Gasteiger partial charge in [-0.05, 0) is 51.5 Å². The monoisotopic (exact) mass is 411 g/mol. The molecule has 0 bridgehead atoms. The highest BCUT2D eigenvalue weighted by Gasteiger charge is 2.31. The molecular weight excluding hydrogens is 391 g/mol. The van der Waals surface area contributed by atoms with Crippen LogP contribution in [0.15, 0.2) is 24.3 Å². The maximum absolute atomic E-state index is 12.7. The quantitative estimate of drug-likeness (QED) is 0.549. The molecule has 156 valence electrons. The molecule has 0 saturated carbocycles. The van der Waals surface area contributed by atoms with Gasteiger partial charge in [0.1, 0.15) is 5.75 Å². The number of carbonyl (C=O) groups is 3. The molecule has 0 unspecified atom stereocenters. The van der Waals surface area contributed by atoms with E-state index in [9.17, 15) is 27.6 Å². The number of hydrogen-bond donors (Lipinski definition) is 1. The Hall–Kier alpha value is -3.10. The number of H-pyrrole nitrogens is 1. The van der Waals surface area contributed by atoms with Crippen LogP contribution in [0.4, 0.5) is 13.2 Å². The molecule has 29 heavy (non-hydrogen) atoms. The third kappa shape index (κ3) is 5.24. The van der Waals surface area contributed by atoms with Gasteiger partial charge >= 0.3 is 12.1 Å². The predicted molar refractivity (Wildman–Crippen MR) is 97.1 cm³/mol. The number of halogens is 3. The molecule has 2 aromatic rings. The summed E-state index contributed by atoms with van der Waals surface area (Å²) in [4.78, 5) is 39.0. The topological polar surface area (TPSA) is 85.5 Å². The number of benzene rings is 1. The molecule has 9 heteroatoms. The van der Waals surface area contributed by atoms with Gasteiger partial charge in [-0.25, -0.2) is 4.79 Å². The van der Waals surface area contributed by atoms with Gasteiger partial charge in [0.25, 0.3) is 0 Å². The Balaban J connectivity index is 2.00. The zero-order valence-corrected chi connectivity index (χ0v) is 16.3. The molecular formula is C20H20F3NO5. The third-order valence-corrected chi connectivity index (χ3v) is 4.23. The zero-order valence-electron chi connectivity index (χ0n) is 16.3. The molecule has 1 N–H and O–H groups in total. The Bertz CT molecular complexity index is 946. The van der Waals surface area contributed by atoms with Crippen molar-refractivity contribution >= 4 is 17.5 Å². The van der Waals surface area contributed by atoms with Gasteiger partial charge in [-0.2, -0.15) is 13.2 Å². The lowest BCUT2D eigenvalue weighted by atomic mass is 10.0. The number of aromatic amines is 1. The molecule has 1 aromatic heterocycles. The second kappa shape index (κ2) is 8.50. The van der Waals surface area contributed by atoms with Gasteiger partial charge < -0.3 is 14.5 Å². The molecule has 0 saturated heterocycles. The summed E-state index contributed by atoms with van der Waals surface area (Å²) in [6.45, 7) is 5.33. The molecule has 1 heterocycles. The minimum absolute atomic E-state index is 0.155. The average Bonchev–Trinajstić information content (AvgIpc) is 2.93. The fourth-order valence-electron chi connectivity index (χ4n) is 2.92. The summed E-state index contributed by atoms with van der Waals surface area (Å²) in [6.07, 6.45) is -5.71. The zero-order chi connectivity index (χ0) is 21.9. The predicted octanol–water partition coefficient (Wildman–Crippen LogP) is 4.05. The van der Waals surface area contributed by atoms with E-state index >= 15 is 0 Å². The van der Waals surface area contributed by atoms with Gasteiger partial charge in [0, 0.05) is 11.3 Å². The van der Waals surface area contributed by atoms with Crippen LogP contribution in [0.25, 0.3) is 0 Å². The molecule has 1 atom stereocenters. The van der Waals surface area contributed by atoms with E-state index < -0.39 is 36.2 Å². The normalized spacial score (nSPS) is 12.4. The number of ketones is 2. The largest absolute Gasteiger partial charge is 0.482 e. The molecule has 6 nitrogen and oxygen atoms in total. The maximum Gasteiger partial charge on any atom is 0.416 e. The van der Waals surface area contributed by atoms with Crippen LogP contribution in [-0.2, 0) is 15.7 Å². The van der Waals surface area contributed by atoms with E-state index in [2.05, 4.69) is 4.98 Å². The number of alkyl halides is 3. The Morgan fingerprint density at radius 1 is 1.17 bits per heavy atom. The number of esters is 1. The van der Waals surface area contributed by atoms with Crippen molar-refractivity contribution in [1.82, 2.24) is 4.98 Å². The molecule has 0 spiro atoms. The van der Waals surface area contributed by atoms with Crippen LogP contribution >= 0.6 is 0 Å². The van der Waals surface area contributed by atoms with Crippen molar-refractivity contribution in [3.8, 4) is 5.75 Å². The summed E-state index contributed by atoms with van der Waals surface area (Å²) in [5.74, 6) is -1.81. The first-order valence-electron chi connectivity index (χ1n) is 8.65. The van der Waals surface area contributed by atoms with E-state index in [-0.39, 0.29) is 17.2 Å². The van der Waals surface area contributed by atoms with Gasteiger partial charge in [0.15, 0.2) is 18.5 Å². The van der Waals surface area contributed by atoms with Crippen molar-refractivity contribution in [3.05, 3.63) is 52.3 Å². The number of Topliss-reactive ketones (excluding diaryl/α,β-unsaturated/α-hetero) is 2. The Morgan fingerprint density at radius 2 is 1.83 bits per heavy atom. The van der Waals surface area contributed by atoms with Crippen molar-refractivity contribution in [2.45, 2.75) is 40.0 Å². The Kier molecular flexibility index (Phi) is 6.51. The molecule has 0 aliphatic heterocycles. The number of ether oxygens (including phenoxy) is 2. The SMILES string of the molecule is CC(=O)c1c(C)[nH]c(C(=O)[C@H](C)OC(=O)COc2cccc(C(F)(F)F)c2)c1C. The lowest BCUT2D eigenvalue weighted by Crippen LogP contribution is -2.28. The maximum atomic E-state index is 12.7. The lowest BCUT2D eigenvalue weighted by Gasteiger charge is -2.13. The lowest BCUT2D eigenvalue weighted by molar-refractivity contribution is -0.148. The van der Waals surface area contributed by atoms with E-state index in [1.54, 1.807) is 13.8 Å². The molecule has 1 aromatic carbocycles. The van der Waals surface area contributed by atoms with Crippen LogP contribution in [0, 0.1) is 13.8 Å². The van der Waals surface area contributed by atoms with Gasteiger partial charge in [-0.1, -0.05) is 6.07 Å². The van der Waals surface area contributed by atoms with Crippen LogP contribution in [0.2, 0.25) is 0 Å². The Labute approximate surface area is 165 Å². The van der Waals surface area contributed by atoms with Crippen LogP contribution in [0.5, 0.6) is 5.75 Å². The van der Waals surface area contributed by atoms with Gasteiger partial charge in [-0.15, -0.1) is 0 Å². The van der Waals surface area contributed by atoms with E-state index in [0.717, 1.165) is 18.2 Å². The molecule has 0 fully saturated rings. The van der Waals surface area contributed by atoms with Crippen molar-refractivity contribution in [2.75, 3.05) is 6.61 Å². The first kappa shape index (κ1) is 22.2. The van der Waals surface area contributed by atoms with Gasteiger partial charge in [0.05, 0.1) is 11.3 Å². The molecule has 0 radical (unpaired) electrons. The number of aryl methyl sites for hydroxylation is 1. The number of carbonyl (C=O) groups excluding carboxylic acids is 3. The summed E-state index contributed by atoms with van der Waals surface area (Å²) in [6, 6.07) is 4.06. The first-order valence-corrected chi connectivity index (χ1v) is 8.65. The van der Waals surface area contributed by atoms with Crippen LogP contribution < -0.4 is 4.74 Å². The van der Waals surface area contributed by atoms with Crippen LogP contribution in [0.1, 0.15) is 51.5 Å². The summed E-state index contributed by atoms with van der Waals surface area (Å²) in [5.41, 5.74) is 0.644. The first-order chi connectivity index (χ1) is 13.4. The summed E-state index contributed by atoms with van der Waals surface area (Å²) in [7, 11) is 0. The minimum Gasteiger partial charge on any atom is -0.482 e. The van der Waals surface area contributed by atoms with Crippen LogP contribution in [-0.4, -0.2) is 35.2 Å². The summed E-state index contributed by atoms with van der Waals surface area (Å²) in [5, 5.41) is 0. The van der Waals surface area contributed by atoms with E-state index in [1.807, 2.05) is 0 Å². The van der Waals surface area contributed by atoms with Crippen LogP contribution in [0.3, 0.4) is 0 Å². The van der Waals surface area contributed by atoms with Crippen molar-refractivity contribution < 1.29 is 37.0 Å². The van der Waals surface area contributed by atoms with E-state index in [4.69, 9.17) is 9.47 Å². The van der Waals surface area contributed by atoms with Crippen molar-refractivity contribution in [3.63, 3.8) is 0 Å². The number of hydrogen-bond acceptors (Lipinski definition) is 5. The number of aromatic nitrogens is 1. The van der Waals surface area contributed by atoms with Crippen molar-refractivity contribution in [2.24, 2.45) is 0 Å². The smallest absolute Gasteiger partial charge is 0.416 e. The second-order valence-corrected chi connectivity index (χ2v) is 6.49. The fraction of sp³-hybridized carbons (Fsp3) is 0.350. The van der Waals surface area contributed by atoms with E-state index in [0.29, 0.717) is 16.8 Å². The van der Waals surface area contributed by atoms with Gasteiger partial charge in [-0.3, -0.25) is 9.59 Å². The fourth-order valence-corrected chi connectivity index (χ4v) is 2.92. The summed E-state index contributed by atoms with van der Waals surface area (Å²) < 4.78 is 48.1. The molecule has 2 rings (SSSR count). The summed E-state index contributed by atoms with van der Waals surface area (Å²) >= 11 is 0. The third-order valence-electron chi connectivity index (χ3n) is 4.23. The molecule has 0 aliphatic carbocycles. The highest BCUT2D eigenvalue weighted by molar-refractivity contribution is 6.05. The highest BCUT2D eigenvalue weighted by Crippen LogP contribution is 2.31. The standard InChI is InChI=1S/C20H20F3NO5/c1-10-17(12(3)25)11(2)24-18(10)19(27)13(4)29-16(26)9-28-15-7-5-6-14(8-15)20(21,22)23/h5-8,13,24H,9H2,1-4H3/t13-/m0/s1. The van der Waals surface area contributed by atoms with Gasteiger partial charge in [0.2, 0.25) is 5.78 Å². The Morgan fingerprint density at radius 3 is 2.38 bits per heavy atom. The second-order valence-electron chi connectivity index (χ2n) is 6.49. The average molecular weight is 411 g/mol. The van der Waals surface area contributed by atoms with Crippen molar-refractivity contribution in [1.29, 1.82) is 0 Å².